The highest BCUT2D eigenvalue weighted by molar-refractivity contribution is 6.18. The largest absolute Gasteiger partial charge is 0.355 e. The monoisotopic (exact) mass is 285 g/mol. The molecule has 19 heavy (non-hydrogen) atoms. The maximum Gasteiger partial charge on any atom is 0.224 e. The van der Waals surface area contributed by atoms with Crippen LogP contribution in [0.4, 0.5) is 4.39 Å². The number of halogens is 2. The molecule has 0 saturated heterocycles. The molecule has 0 unspecified atom stereocenters. The molecule has 0 bridgehead atoms. The van der Waals surface area contributed by atoms with Crippen LogP contribution >= 0.6 is 11.6 Å². The molecule has 0 aliphatic carbocycles. The lowest BCUT2D eigenvalue weighted by Crippen LogP contribution is -2.38. The summed E-state index contributed by atoms with van der Waals surface area (Å²) in [5, 5.41) is 2.86. The third-order valence-electron chi connectivity index (χ3n) is 3.75. The molecule has 2 nitrogen and oxygen atoms in total. The van der Waals surface area contributed by atoms with Crippen molar-refractivity contribution in [1.82, 2.24) is 5.32 Å². The maximum atomic E-state index is 13.4. The van der Waals surface area contributed by atoms with Crippen LogP contribution in [0.5, 0.6) is 0 Å². The molecule has 1 aromatic rings. The maximum absolute atomic E-state index is 13.4. The van der Waals surface area contributed by atoms with E-state index < -0.39 is 0 Å². The zero-order valence-electron chi connectivity index (χ0n) is 11.5. The van der Waals surface area contributed by atoms with Crippen molar-refractivity contribution in [2.75, 3.05) is 12.4 Å². The molecule has 0 heterocycles. The first-order valence-electron chi connectivity index (χ1n) is 6.63. The number of nitrogens with one attached hydrogen (secondary N) is 1. The van der Waals surface area contributed by atoms with Gasteiger partial charge in [-0.25, -0.2) is 4.39 Å². The van der Waals surface area contributed by atoms with Crippen molar-refractivity contribution in [1.29, 1.82) is 0 Å². The van der Waals surface area contributed by atoms with Crippen molar-refractivity contribution < 1.29 is 9.18 Å². The first-order chi connectivity index (χ1) is 9.06. The van der Waals surface area contributed by atoms with Gasteiger partial charge in [-0.1, -0.05) is 32.0 Å². The molecular weight excluding hydrogens is 265 g/mol. The number of carbonyl (C=O) groups is 1. The second kappa shape index (κ2) is 7.49. The first kappa shape index (κ1) is 16.0. The zero-order valence-corrected chi connectivity index (χ0v) is 12.3. The molecule has 4 heteroatoms. The zero-order chi connectivity index (χ0) is 14.3. The molecule has 0 spiro atoms. The van der Waals surface area contributed by atoms with Gasteiger partial charge < -0.3 is 5.32 Å². The fraction of sp³-hybridized carbons (Fsp3) is 0.533. The van der Waals surface area contributed by atoms with Crippen LogP contribution in [0.15, 0.2) is 24.3 Å². The van der Waals surface area contributed by atoms with Gasteiger partial charge in [-0.15, -0.1) is 11.6 Å². The van der Waals surface area contributed by atoms with Gasteiger partial charge >= 0.3 is 0 Å². The highest BCUT2D eigenvalue weighted by Crippen LogP contribution is 2.26. The Hall–Kier alpha value is -1.09. The van der Waals surface area contributed by atoms with Gasteiger partial charge in [0, 0.05) is 17.8 Å². The first-order valence-corrected chi connectivity index (χ1v) is 7.16. The molecule has 1 aromatic carbocycles. The number of carbonyl (C=O) groups excluding carboxylic acids is 1. The van der Waals surface area contributed by atoms with Gasteiger partial charge in [0.15, 0.2) is 0 Å². The van der Waals surface area contributed by atoms with E-state index in [-0.39, 0.29) is 23.6 Å². The van der Waals surface area contributed by atoms with Gasteiger partial charge in [-0.2, -0.15) is 0 Å². The van der Waals surface area contributed by atoms with Crippen molar-refractivity contribution in [2.24, 2.45) is 5.41 Å². The predicted octanol–water partition coefficient (Wildman–Crippen LogP) is 3.53. The Morgan fingerprint density at radius 1 is 1.32 bits per heavy atom. The summed E-state index contributed by atoms with van der Waals surface area (Å²) in [6, 6.07) is 6.34. The lowest BCUT2D eigenvalue weighted by molar-refractivity contribution is -0.121. The molecule has 0 saturated carbocycles. The lowest BCUT2D eigenvalue weighted by Gasteiger charge is -2.29. The number of alkyl halides is 1. The minimum atomic E-state index is -0.341. The molecule has 0 radical (unpaired) electrons. The number of hydrogen-bond acceptors (Lipinski definition) is 1. The van der Waals surface area contributed by atoms with Crippen LogP contribution in [-0.2, 0) is 11.2 Å². The normalized spacial score (nSPS) is 11.4. The van der Waals surface area contributed by atoms with Crippen molar-refractivity contribution in [3.63, 3.8) is 0 Å². The molecule has 1 amide bonds. The smallest absolute Gasteiger partial charge is 0.224 e. The van der Waals surface area contributed by atoms with Gasteiger partial charge in [0.2, 0.25) is 5.91 Å². The molecule has 1 rings (SSSR count). The summed E-state index contributed by atoms with van der Waals surface area (Å²) >= 11 is 5.98. The van der Waals surface area contributed by atoms with E-state index in [1.54, 1.807) is 18.2 Å². The number of hydrogen-bond donors (Lipinski definition) is 1. The van der Waals surface area contributed by atoms with Gasteiger partial charge in [-0.3, -0.25) is 4.79 Å². The Kier molecular flexibility index (Phi) is 6.29. The van der Waals surface area contributed by atoms with Crippen LogP contribution in [0.2, 0.25) is 0 Å². The summed E-state index contributed by atoms with van der Waals surface area (Å²) in [6.45, 7) is 4.67. The number of amides is 1. The quantitative estimate of drug-likeness (QED) is 0.763. The van der Waals surface area contributed by atoms with Crippen molar-refractivity contribution >= 4 is 17.5 Å². The highest BCUT2D eigenvalue weighted by atomic mass is 35.5. The van der Waals surface area contributed by atoms with Crippen LogP contribution in [0.3, 0.4) is 0 Å². The summed E-state index contributed by atoms with van der Waals surface area (Å²) in [4.78, 5) is 11.8. The topological polar surface area (TPSA) is 29.1 Å². The van der Waals surface area contributed by atoms with E-state index in [2.05, 4.69) is 19.2 Å². The Morgan fingerprint density at radius 3 is 2.47 bits per heavy atom. The average molecular weight is 286 g/mol. The van der Waals surface area contributed by atoms with E-state index in [4.69, 9.17) is 11.6 Å². The highest BCUT2D eigenvalue weighted by Gasteiger charge is 2.25. The Labute approximate surface area is 119 Å². The molecule has 0 aliphatic rings. The second-order valence-electron chi connectivity index (χ2n) is 4.89. The Bertz CT molecular complexity index is 410. The van der Waals surface area contributed by atoms with E-state index in [0.717, 1.165) is 12.8 Å². The van der Waals surface area contributed by atoms with Crippen molar-refractivity contribution in [3.05, 3.63) is 35.6 Å². The van der Waals surface area contributed by atoms with Crippen LogP contribution in [0.1, 0.15) is 32.3 Å². The fourth-order valence-corrected chi connectivity index (χ4v) is 2.37. The minimum absolute atomic E-state index is 0.0630. The van der Waals surface area contributed by atoms with Crippen molar-refractivity contribution in [3.8, 4) is 0 Å². The van der Waals surface area contributed by atoms with Gasteiger partial charge in [0.25, 0.3) is 0 Å². The SMILES string of the molecule is CCC(CC)(CCl)CNC(=O)Cc1ccccc1F. The molecular formula is C15H21ClFNO. The molecule has 0 atom stereocenters. The Balaban J connectivity index is 2.55. The third kappa shape index (κ3) is 4.50. The Morgan fingerprint density at radius 2 is 1.95 bits per heavy atom. The average Bonchev–Trinajstić information content (AvgIpc) is 2.44. The van der Waals surface area contributed by atoms with Crippen LogP contribution in [0.25, 0.3) is 0 Å². The summed E-state index contributed by atoms with van der Waals surface area (Å²) in [6.07, 6.45) is 1.89. The predicted molar refractivity (Wildman–Crippen MR) is 76.8 cm³/mol. The van der Waals surface area contributed by atoms with Gasteiger partial charge in [-0.05, 0) is 24.5 Å². The van der Waals surface area contributed by atoms with E-state index >= 15 is 0 Å². The van der Waals surface area contributed by atoms with Crippen molar-refractivity contribution in [2.45, 2.75) is 33.1 Å². The standard InChI is InChI=1S/C15H21ClFNO/c1-3-15(4-2,10-16)11-18-14(19)9-12-7-5-6-8-13(12)17/h5-8H,3-4,9-11H2,1-2H3,(H,18,19). The van der Waals surface area contributed by atoms with Crippen LogP contribution < -0.4 is 5.32 Å². The minimum Gasteiger partial charge on any atom is -0.355 e. The molecule has 0 fully saturated rings. The number of benzene rings is 1. The molecule has 106 valence electrons. The third-order valence-corrected chi connectivity index (χ3v) is 4.32. The lowest BCUT2D eigenvalue weighted by atomic mass is 9.84. The van der Waals surface area contributed by atoms with Crippen LogP contribution in [-0.4, -0.2) is 18.3 Å². The summed E-state index contributed by atoms with van der Waals surface area (Å²) in [5.74, 6) is 0.00806. The summed E-state index contributed by atoms with van der Waals surface area (Å²) in [7, 11) is 0. The van der Waals surface area contributed by atoms with E-state index in [1.807, 2.05) is 0 Å². The second-order valence-corrected chi connectivity index (χ2v) is 5.15. The summed E-state index contributed by atoms with van der Waals surface area (Å²) in [5.41, 5.74) is 0.358. The van der Waals surface area contributed by atoms with E-state index in [0.29, 0.717) is 18.0 Å². The van der Waals surface area contributed by atoms with Gasteiger partial charge in [0.1, 0.15) is 5.82 Å². The summed E-state index contributed by atoms with van der Waals surface area (Å²) < 4.78 is 13.4. The van der Waals surface area contributed by atoms with E-state index in [1.165, 1.54) is 6.07 Å². The van der Waals surface area contributed by atoms with E-state index in [9.17, 15) is 9.18 Å². The molecule has 0 aliphatic heterocycles. The molecule has 0 aromatic heterocycles. The fourth-order valence-electron chi connectivity index (χ4n) is 1.90. The number of rotatable bonds is 7. The van der Waals surface area contributed by atoms with Crippen LogP contribution in [0, 0.1) is 11.2 Å². The molecule has 1 N–H and O–H groups in total. The van der Waals surface area contributed by atoms with Gasteiger partial charge in [0.05, 0.1) is 6.42 Å².